The Bertz CT molecular complexity index is 853. The van der Waals surface area contributed by atoms with E-state index < -0.39 is 0 Å². The van der Waals surface area contributed by atoms with Crippen molar-refractivity contribution in [2.45, 2.75) is 31.7 Å². The van der Waals surface area contributed by atoms with Crippen LogP contribution < -0.4 is 4.74 Å². The SMILES string of the molecule is COc1ccc(CCN2C(=O)CC[C@@H]3CN(C(=O)c4cccnc4)CC[C@@H]32)cc1. The summed E-state index contributed by atoms with van der Waals surface area (Å²) in [6.45, 7) is 2.12. The number of benzene rings is 1. The molecule has 6 heteroatoms. The highest BCUT2D eigenvalue weighted by atomic mass is 16.5. The maximum Gasteiger partial charge on any atom is 0.255 e. The van der Waals surface area contributed by atoms with Crippen molar-refractivity contribution in [1.29, 1.82) is 0 Å². The van der Waals surface area contributed by atoms with Gasteiger partial charge in [-0.3, -0.25) is 14.6 Å². The first-order valence-electron chi connectivity index (χ1n) is 10.3. The zero-order valence-corrected chi connectivity index (χ0v) is 16.8. The highest BCUT2D eigenvalue weighted by Gasteiger charge is 2.40. The van der Waals surface area contributed by atoms with Gasteiger partial charge in [0.15, 0.2) is 0 Å². The van der Waals surface area contributed by atoms with Gasteiger partial charge in [0.25, 0.3) is 5.91 Å². The average molecular weight is 393 g/mol. The van der Waals surface area contributed by atoms with E-state index in [2.05, 4.69) is 22.0 Å². The summed E-state index contributed by atoms with van der Waals surface area (Å²) in [6.07, 6.45) is 6.40. The normalized spacial score (nSPS) is 21.6. The fourth-order valence-corrected chi connectivity index (χ4v) is 4.54. The second kappa shape index (κ2) is 8.64. The van der Waals surface area contributed by atoms with Gasteiger partial charge in [-0.2, -0.15) is 0 Å². The number of aromatic nitrogens is 1. The molecule has 6 nitrogen and oxygen atoms in total. The van der Waals surface area contributed by atoms with Crippen LogP contribution in [0.25, 0.3) is 0 Å². The number of hydrogen-bond acceptors (Lipinski definition) is 4. The molecule has 0 bridgehead atoms. The fourth-order valence-electron chi connectivity index (χ4n) is 4.54. The Morgan fingerprint density at radius 2 is 2.03 bits per heavy atom. The number of nitrogens with zero attached hydrogens (tertiary/aromatic N) is 3. The Morgan fingerprint density at radius 1 is 1.21 bits per heavy atom. The van der Waals surface area contributed by atoms with Crippen LogP contribution in [0, 0.1) is 5.92 Å². The van der Waals surface area contributed by atoms with E-state index in [0.29, 0.717) is 31.0 Å². The molecule has 2 aliphatic rings. The number of carbonyl (C=O) groups excluding carboxylic acids is 2. The monoisotopic (exact) mass is 393 g/mol. The van der Waals surface area contributed by atoms with Crippen molar-refractivity contribution in [2.75, 3.05) is 26.7 Å². The minimum atomic E-state index is 0.0400. The second-order valence-corrected chi connectivity index (χ2v) is 7.83. The van der Waals surface area contributed by atoms with E-state index in [1.807, 2.05) is 23.1 Å². The second-order valence-electron chi connectivity index (χ2n) is 7.83. The summed E-state index contributed by atoms with van der Waals surface area (Å²) < 4.78 is 5.21. The molecule has 3 heterocycles. The number of methoxy groups -OCH3 is 1. The predicted octanol–water partition coefficient (Wildman–Crippen LogP) is 2.79. The van der Waals surface area contributed by atoms with Gasteiger partial charge in [0.05, 0.1) is 12.7 Å². The summed E-state index contributed by atoms with van der Waals surface area (Å²) in [5.41, 5.74) is 1.83. The first-order chi connectivity index (χ1) is 14.2. The molecule has 2 amide bonds. The lowest BCUT2D eigenvalue weighted by Gasteiger charge is -2.47. The molecule has 0 unspecified atom stereocenters. The standard InChI is InChI=1S/C23H27N3O3/c1-29-20-7-4-17(5-8-20)10-14-26-21-11-13-25(16-19(21)6-9-22(26)27)23(28)18-3-2-12-24-15-18/h2-5,7-8,12,15,19,21H,6,9-11,13-14,16H2,1H3/t19-,21+/m1/s1. The van der Waals surface area contributed by atoms with Crippen molar-refractivity contribution in [1.82, 2.24) is 14.8 Å². The van der Waals surface area contributed by atoms with E-state index in [1.54, 1.807) is 25.6 Å². The quantitative estimate of drug-likeness (QED) is 0.784. The van der Waals surface area contributed by atoms with Crippen molar-refractivity contribution in [3.8, 4) is 5.75 Å². The zero-order valence-electron chi connectivity index (χ0n) is 16.8. The summed E-state index contributed by atoms with van der Waals surface area (Å²) >= 11 is 0. The molecule has 4 rings (SSSR count). The number of fused-ring (bicyclic) bond motifs is 1. The van der Waals surface area contributed by atoms with Crippen LogP contribution in [0.15, 0.2) is 48.8 Å². The maximum atomic E-state index is 12.8. The number of pyridine rings is 1. The Kier molecular flexibility index (Phi) is 5.79. The molecule has 1 aromatic heterocycles. The molecular weight excluding hydrogens is 366 g/mol. The first-order valence-corrected chi connectivity index (χ1v) is 10.3. The molecule has 0 N–H and O–H groups in total. The summed E-state index contributed by atoms with van der Waals surface area (Å²) in [5, 5.41) is 0. The minimum Gasteiger partial charge on any atom is -0.497 e. The number of carbonyl (C=O) groups is 2. The largest absolute Gasteiger partial charge is 0.497 e. The molecule has 2 saturated heterocycles. The van der Waals surface area contributed by atoms with Gasteiger partial charge in [-0.25, -0.2) is 0 Å². The van der Waals surface area contributed by atoms with E-state index in [-0.39, 0.29) is 17.9 Å². The number of piperidine rings is 2. The minimum absolute atomic E-state index is 0.0400. The molecule has 2 aliphatic heterocycles. The average Bonchev–Trinajstić information content (AvgIpc) is 2.78. The summed E-state index contributed by atoms with van der Waals surface area (Å²) in [4.78, 5) is 33.4. The van der Waals surface area contributed by atoms with Crippen LogP contribution in [0.1, 0.15) is 35.2 Å². The van der Waals surface area contributed by atoms with Crippen LogP contribution in [0.2, 0.25) is 0 Å². The Balaban J connectivity index is 1.39. The Morgan fingerprint density at radius 3 is 2.76 bits per heavy atom. The summed E-state index contributed by atoms with van der Waals surface area (Å²) in [6, 6.07) is 11.9. The van der Waals surface area contributed by atoms with Gasteiger partial charge in [-0.05, 0) is 55.0 Å². The van der Waals surface area contributed by atoms with Gasteiger partial charge in [-0.15, -0.1) is 0 Å². The third kappa shape index (κ3) is 4.26. The van der Waals surface area contributed by atoms with Crippen molar-refractivity contribution >= 4 is 11.8 Å². The number of rotatable bonds is 5. The highest BCUT2D eigenvalue weighted by molar-refractivity contribution is 5.94. The molecule has 29 heavy (non-hydrogen) atoms. The fraction of sp³-hybridized carbons (Fsp3) is 0.435. The van der Waals surface area contributed by atoms with Crippen LogP contribution in [-0.4, -0.2) is 59.4 Å². The van der Waals surface area contributed by atoms with E-state index in [9.17, 15) is 9.59 Å². The topological polar surface area (TPSA) is 62.7 Å². The van der Waals surface area contributed by atoms with Crippen LogP contribution in [0.5, 0.6) is 5.75 Å². The highest BCUT2D eigenvalue weighted by Crippen LogP contribution is 2.32. The van der Waals surface area contributed by atoms with E-state index >= 15 is 0 Å². The predicted molar refractivity (Wildman–Crippen MR) is 110 cm³/mol. The third-order valence-corrected chi connectivity index (χ3v) is 6.14. The molecule has 2 fully saturated rings. The Hall–Kier alpha value is -2.89. The molecule has 2 aromatic rings. The van der Waals surface area contributed by atoms with Crippen LogP contribution in [0.4, 0.5) is 0 Å². The molecule has 0 radical (unpaired) electrons. The third-order valence-electron chi connectivity index (χ3n) is 6.14. The summed E-state index contributed by atoms with van der Waals surface area (Å²) in [5.74, 6) is 1.47. The van der Waals surface area contributed by atoms with Gasteiger partial charge in [0, 0.05) is 44.5 Å². The van der Waals surface area contributed by atoms with Crippen molar-refractivity contribution in [3.05, 3.63) is 59.9 Å². The lowest BCUT2D eigenvalue weighted by atomic mass is 9.83. The lowest BCUT2D eigenvalue weighted by Crippen LogP contribution is -2.57. The van der Waals surface area contributed by atoms with E-state index in [4.69, 9.17) is 4.74 Å². The van der Waals surface area contributed by atoms with Gasteiger partial charge in [-0.1, -0.05) is 12.1 Å². The molecule has 0 spiro atoms. The number of amides is 2. The van der Waals surface area contributed by atoms with Gasteiger partial charge in [0.2, 0.25) is 5.91 Å². The number of hydrogen-bond donors (Lipinski definition) is 0. The van der Waals surface area contributed by atoms with Crippen molar-refractivity contribution in [2.24, 2.45) is 5.92 Å². The molecule has 152 valence electrons. The van der Waals surface area contributed by atoms with Gasteiger partial charge in [0.1, 0.15) is 5.75 Å². The van der Waals surface area contributed by atoms with E-state index in [0.717, 1.165) is 31.6 Å². The molecule has 0 saturated carbocycles. The molecule has 0 aliphatic carbocycles. The lowest BCUT2D eigenvalue weighted by molar-refractivity contribution is -0.140. The summed E-state index contributed by atoms with van der Waals surface area (Å²) in [7, 11) is 1.66. The number of ether oxygens (including phenoxy) is 1. The molecular formula is C23H27N3O3. The molecule has 1 aromatic carbocycles. The Labute approximate surface area is 171 Å². The van der Waals surface area contributed by atoms with Crippen molar-refractivity contribution < 1.29 is 14.3 Å². The van der Waals surface area contributed by atoms with Crippen LogP contribution in [0.3, 0.4) is 0 Å². The van der Waals surface area contributed by atoms with Gasteiger partial charge >= 0.3 is 0 Å². The van der Waals surface area contributed by atoms with Crippen LogP contribution >= 0.6 is 0 Å². The van der Waals surface area contributed by atoms with Crippen LogP contribution in [-0.2, 0) is 11.2 Å². The smallest absolute Gasteiger partial charge is 0.255 e. The maximum absolute atomic E-state index is 12.8. The molecule has 2 atom stereocenters. The number of likely N-dealkylation sites (tertiary alicyclic amines) is 2. The first kappa shape index (κ1) is 19.4. The van der Waals surface area contributed by atoms with Gasteiger partial charge < -0.3 is 14.5 Å². The zero-order chi connectivity index (χ0) is 20.2. The van der Waals surface area contributed by atoms with E-state index in [1.165, 1.54) is 5.56 Å². The van der Waals surface area contributed by atoms with Crippen molar-refractivity contribution in [3.63, 3.8) is 0 Å².